The second-order valence-electron chi connectivity index (χ2n) is 6.95. The lowest BCUT2D eigenvalue weighted by molar-refractivity contribution is 0.303. The quantitative estimate of drug-likeness (QED) is 0.323. The van der Waals surface area contributed by atoms with Gasteiger partial charge in [-0.25, -0.2) is 8.42 Å². The van der Waals surface area contributed by atoms with Crippen molar-refractivity contribution < 1.29 is 8.42 Å². The van der Waals surface area contributed by atoms with E-state index >= 15 is 0 Å². The van der Waals surface area contributed by atoms with Crippen LogP contribution in [0, 0.1) is 0 Å². The van der Waals surface area contributed by atoms with E-state index in [0.29, 0.717) is 4.90 Å². The van der Waals surface area contributed by atoms with Gasteiger partial charge in [0, 0.05) is 44.2 Å². The maximum atomic E-state index is 11.7. The summed E-state index contributed by atoms with van der Waals surface area (Å²) in [7, 11) is -1.30. The molecule has 0 aliphatic heterocycles. The summed E-state index contributed by atoms with van der Waals surface area (Å²) in [5.41, 5.74) is 0.797. The Morgan fingerprint density at radius 1 is 1.30 bits per heavy atom. The lowest BCUT2D eigenvalue weighted by Gasteiger charge is -2.20. The molecular weight excluding hydrogens is 362 g/mol. The lowest BCUT2D eigenvalue weighted by atomic mass is 10.2. The zero-order valence-electron chi connectivity index (χ0n) is 17.0. The third kappa shape index (κ3) is 9.01. The minimum absolute atomic E-state index is 0.0710. The fourth-order valence-corrected chi connectivity index (χ4v) is 2.97. The SMILES string of the molecule is C=CCN[C@@H](C)C(C)N=NN(C)CCC(C)Nc1cccc(S(C)(=O)=O)c1. The normalized spacial score (nSPS) is 15.3. The smallest absolute Gasteiger partial charge is 0.175 e. The van der Waals surface area contributed by atoms with Crippen LogP contribution in [0.25, 0.3) is 0 Å². The molecule has 152 valence electrons. The van der Waals surface area contributed by atoms with Crippen LogP contribution in [0.1, 0.15) is 27.2 Å². The van der Waals surface area contributed by atoms with Crippen molar-refractivity contribution in [2.45, 2.75) is 50.2 Å². The molecule has 27 heavy (non-hydrogen) atoms. The van der Waals surface area contributed by atoms with Gasteiger partial charge in [0.1, 0.15) is 0 Å². The highest BCUT2D eigenvalue weighted by Crippen LogP contribution is 2.16. The Balaban J connectivity index is 2.46. The molecule has 1 rings (SSSR count). The van der Waals surface area contributed by atoms with Crippen molar-refractivity contribution in [3.8, 4) is 0 Å². The van der Waals surface area contributed by atoms with Crippen LogP contribution in [0.5, 0.6) is 0 Å². The molecule has 0 fully saturated rings. The Morgan fingerprint density at radius 3 is 2.63 bits per heavy atom. The predicted octanol–water partition coefficient (Wildman–Crippen LogP) is 3.13. The van der Waals surface area contributed by atoms with E-state index in [-0.39, 0.29) is 18.1 Å². The van der Waals surface area contributed by atoms with Crippen molar-refractivity contribution in [3.05, 3.63) is 36.9 Å². The van der Waals surface area contributed by atoms with Gasteiger partial charge in [0.2, 0.25) is 0 Å². The summed E-state index contributed by atoms with van der Waals surface area (Å²) in [4.78, 5) is 0.318. The fourth-order valence-electron chi connectivity index (χ4n) is 2.31. The van der Waals surface area contributed by atoms with Crippen LogP contribution >= 0.6 is 0 Å². The summed E-state index contributed by atoms with van der Waals surface area (Å²) in [5, 5.41) is 17.1. The second kappa shape index (κ2) is 11.0. The third-order valence-corrected chi connectivity index (χ3v) is 5.37. The van der Waals surface area contributed by atoms with Crippen LogP contribution in [0.2, 0.25) is 0 Å². The molecule has 0 spiro atoms. The van der Waals surface area contributed by atoms with E-state index in [0.717, 1.165) is 25.2 Å². The van der Waals surface area contributed by atoms with Crippen LogP contribution in [0.3, 0.4) is 0 Å². The Kier molecular flexibility index (Phi) is 9.45. The maximum Gasteiger partial charge on any atom is 0.175 e. The summed E-state index contributed by atoms with van der Waals surface area (Å²) < 4.78 is 23.3. The number of anilines is 1. The van der Waals surface area contributed by atoms with Crippen molar-refractivity contribution in [1.82, 2.24) is 10.3 Å². The number of hydrogen-bond acceptors (Lipinski definition) is 6. The van der Waals surface area contributed by atoms with Gasteiger partial charge in [0.05, 0.1) is 10.9 Å². The van der Waals surface area contributed by atoms with Gasteiger partial charge in [-0.05, 0) is 45.4 Å². The first-order valence-electron chi connectivity index (χ1n) is 9.16. The first-order chi connectivity index (χ1) is 12.6. The molecule has 7 nitrogen and oxygen atoms in total. The van der Waals surface area contributed by atoms with Gasteiger partial charge in [0.15, 0.2) is 9.84 Å². The summed E-state index contributed by atoms with van der Waals surface area (Å²) in [6.07, 6.45) is 3.88. The summed E-state index contributed by atoms with van der Waals surface area (Å²) in [5.74, 6) is 0. The van der Waals surface area contributed by atoms with Crippen molar-refractivity contribution in [3.63, 3.8) is 0 Å². The fraction of sp³-hybridized carbons (Fsp3) is 0.579. The Morgan fingerprint density at radius 2 is 2.00 bits per heavy atom. The van der Waals surface area contributed by atoms with E-state index in [2.05, 4.69) is 41.4 Å². The zero-order chi connectivity index (χ0) is 20.4. The van der Waals surface area contributed by atoms with Gasteiger partial charge in [-0.2, -0.15) is 5.11 Å². The number of benzene rings is 1. The van der Waals surface area contributed by atoms with Gasteiger partial charge >= 0.3 is 0 Å². The second-order valence-corrected chi connectivity index (χ2v) is 8.96. The average molecular weight is 396 g/mol. The number of nitrogens with one attached hydrogen (secondary N) is 2. The van der Waals surface area contributed by atoms with Gasteiger partial charge in [-0.1, -0.05) is 17.4 Å². The molecule has 3 atom stereocenters. The number of rotatable bonds is 12. The molecule has 8 heteroatoms. The Bertz CT molecular complexity index is 721. The predicted molar refractivity (Wildman–Crippen MR) is 112 cm³/mol. The molecule has 0 aromatic heterocycles. The molecule has 0 heterocycles. The number of nitrogens with zero attached hydrogens (tertiary/aromatic N) is 3. The standard InChI is InChI=1S/C19H33N5O2S/c1-7-12-20-16(3)17(4)22-23-24(5)13-11-15(2)21-18-9-8-10-19(14-18)27(6,25)26/h7-10,14-17,20-21H,1,11-13H2,2-6H3/t15?,16-,17?/m0/s1. The van der Waals surface area contributed by atoms with Crippen LogP contribution in [0.15, 0.2) is 52.2 Å². The van der Waals surface area contributed by atoms with Crippen molar-refractivity contribution >= 4 is 15.5 Å². The molecule has 1 aromatic carbocycles. The molecule has 2 unspecified atom stereocenters. The number of sulfone groups is 1. The van der Waals surface area contributed by atoms with Gasteiger partial charge in [-0.3, -0.25) is 5.01 Å². The summed E-state index contributed by atoms with van der Waals surface area (Å²) in [6, 6.07) is 7.34. The Labute approximate surface area is 163 Å². The summed E-state index contributed by atoms with van der Waals surface area (Å²) in [6.45, 7) is 11.3. The molecule has 0 saturated heterocycles. The van der Waals surface area contributed by atoms with E-state index in [1.165, 1.54) is 6.26 Å². The van der Waals surface area contributed by atoms with E-state index in [1.54, 1.807) is 18.2 Å². The van der Waals surface area contributed by atoms with Crippen LogP contribution in [-0.4, -0.2) is 57.9 Å². The minimum atomic E-state index is -3.20. The van der Waals surface area contributed by atoms with Gasteiger partial charge in [-0.15, -0.1) is 6.58 Å². The topological polar surface area (TPSA) is 86.2 Å². The van der Waals surface area contributed by atoms with E-state index in [9.17, 15) is 8.42 Å². The lowest BCUT2D eigenvalue weighted by Crippen LogP contribution is -2.34. The zero-order valence-corrected chi connectivity index (χ0v) is 17.8. The van der Waals surface area contributed by atoms with Crippen LogP contribution in [-0.2, 0) is 9.84 Å². The highest BCUT2D eigenvalue weighted by molar-refractivity contribution is 7.90. The average Bonchev–Trinajstić information content (AvgIpc) is 2.61. The van der Waals surface area contributed by atoms with Gasteiger partial charge in [0.25, 0.3) is 0 Å². The molecule has 0 aliphatic carbocycles. The first-order valence-corrected chi connectivity index (χ1v) is 11.1. The van der Waals surface area contributed by atoms with Crippen LogP contribution < -0.4 is 10.6 Å². The van der Waals surface area contributed by atoms with E-state index in [1.807, 2.05) is 31.1 Å². The van der Waals surface area contributed by atoms with Crippen molar-refractivity contribution in [1.29, 1.82) is 0 Å². The molecule has 0 radical (unpaired) electrons. The molecule has 0 saturated carbocycles. The van der Waals surface area contributed by atoms with E-state index < -0.39 is 9.84 Å². The van der Waals surface area contributed by atoms with Crippen LogP contribution in [0.4, 0.5) is 5.69 Å². The third-order valence-electron chi connectivity index (χ3n) is 4.26. The minimum Gasteiger partial charge on any atom is -0.382 e. The van der Waals surface area contributed by atoms with Crippen molar-refractivity contribution in [2.24, 2.45) is 10.3 Å². The monoisotopic (exact) mass is 395 g/mol. The molecular formula is C19H33N5O2S. The Hall–Kier alpha value is -1.93. The maximum absolute atomic E-state index is 11.7. The summed E-state index contributed by atoms with van der Waals surface area (Å²) >= 11 is 0. The highest BCUT2D eigenvalue weighted by atomic mass is 32.2. The highest BCUT2D eigenvalue weighted by Gasteiger charge is 2.11. The largest absolute Gasteiger partial charge is 0.382 e. The van der Waals surface area contributed by atoms with E-state index in [4.69, 9.17) is 0 Å². The van der Waals surface area contributed by atoms with Gasteiger partial charge < -0.3 is 10.6 Å². The number of hydrogen-bond donors (Lipinski definition) is 2. The molecule has 0 amide bonds. The van der Waals surface area contributed by atoms with Crippen molar-refractivity contribution in [2.75, 3.05) is 31.7 Å². The molecule has 0 bridgehead atoms. The molecule has 2 N–H and O–H groups in total. The molecule has 0 aliphatic rings. The first kappa shape index (κ1) is 23.1. The molecule has 1 aromatic rings.